The summed E-state index contributed by atoms with van der Waals surface area (Å²) < 4.78 is 5.60. The quantitative estimate of drug-likeness (QED) is 0.679. The predicted octanol–water partition coefficient (Wildman–Crippen LogP) is 3.74. The van der Waals surface area contributed by atoms with Crippen molar-refractivity contribution in [2.75, 3.05) is 13.2 Å². The van der Waals surface area contributed by atoms with E-state index in [2.05, 4.69) is 25.8 Å². The molecular weight excluding hydrogens is 186 g/mol. The normalized spacial score (nSPS) is 15.9. The minimum Gasteiger partial charge on any atom is -0.494 e. The summed E-state index contributed by atoms with van der Waals surface area (Å²) in [7, 11) is 0. The highest BCUT2D eigenvalue weighted by molar-refractivity contribution is 5.80. The van der Waals surface area contributed by atoms with Crippen LogP contribution in [0.15, 0.2) is 27.5 Å². The zero-order valence-electron chi connectivity index (χ0n) is 10.8. The lowest BCUT2D eigenvalue weighted by molar-refractivity contribution is 0.233. The van der Waals surface area contributed by atoms with Crippen molar-refractivity contribution in [3.63, 3.8) is 0 Å². The van der Waals surface area contributed by atoms with E-state index in [9.17, 15) is 0 Å². The molecule has 0 aromatic carbocycles. The summed E-state index contributed by atoms with van der Waals surface area (Å²) in [4.78, 5) is 4.30. The van der Waals surface area contributed by atoms with Crippen molar-refractivity contribution < 1.29 is 4.74 Å². The van der Waals surface area contributed by atoms with Crippen molar-refractivity contribution in [2.24, 2.45) is 4.99 Å². The van der Waals surface area contributed by atoms with Crippen LogP contribution in [0.2, 0.25) is 0 Å². The Morgan fingerprint density at radius 2 is 1.87 bits per heavy atom. The molecule has 0 radical (unpaired) electrons. The number of hydrogen-bond acceptors (Lipinski definition) is 2. The molecule has 0 fully saturated rings. The van der Waals surface area contributed by atoms with E-state index in [1.807, 2.05) is 27.0 Å². The zero-order valence-corrected chi connectivity index (χ0v) is 10.8. The van der Waals surface area contributed by atoms with E-state index >= 15 is 0 Å². The number of hydrogen-bond donors (Lipinski definition) is 0. The van der Waals surface area contributed by atoms with Crippen LogP contribution in [0.3, 0.4) is 0 Å². The second-order valence-corrected chi connectivity index (χ2v) is 3.32. The third-order valence-corrected chi connectivity index (χ3v) is 2.22. The van der Waals surface area contributed by atoms with Crippen molar-refractivity contribution in [2.45, 2.75) is 41.5 Å². The largest absolute Gasteiger partial charge is 0.494 e. The average Bonchev–Trinajstić information content (AvgIpc) is 2.36. The smallest absolute Gasteiger partial charge is 0.123 e. The molecule has 2 heteroatoms. The SMILES string of the molecule is CC.CCOC1=C(C)CN=CC(C)=C1C. The summed E-state index contributed by atoms with van der Waals surface area (Å²) in [6, 6.07) is 0. The number of rotatable bonds is 2. The Bertz CT molecular complexity index is 285. The number of nitrogens with zero attached hydrogens (tertiary/aromatic N) is 1. The molecule has 0 saturated heterocycles. The summed E-state index contributed by atoms with van der Waals surface area (Å²) in [5.41, 5.74) is 3.62. The van der Waals surface area contributed by atoms with E-state index in [0.717, 1.165) is 18.9 Å². The minimum absolute atomic E-state index is 0.720. The van der Waals surface area contributed by atoms with Gasteiger partial charge in [0.1, 0.15) is 5.76 Å². The molecule has 2 nitrogen and oxygen atoms in total. The fourth-order valence-electron chi connectivity index (χ4n) is 1.36. The van der Waals surface area contributed by atoms with Gasteiger partial charge < -0.3 is 4.74 Å². The minimum atomic E-state index is 0.720. The molecule has 1 aliphatic rings. The zero-order chi connectivity index (χ0) is 11.8. The molecule has 0 saturated carbocycles. The maximum atomic E-state index is 5.60. The van der Waals surface area contributed by atoms with Gasteiger partial charge in [-0.2, -0.15) is 0 Å². The maximum Gasteiger partial charge on any atom is 0.123 e. The third kappa shape index (κ3) is 3.90. The Labute approximate surface area is 93.7 Å². The summed E-state index contributed by atoms with van der Waals surface area (Å²) in [5.74, 6) is 1.03. The van der Waals surface area contributed by atoms with Crippen LogP contribution in [0, 0.1) is 0 Å². The van der Waals surface area contributed by atoms with Gasteiger partial charge in [0.05, 0.1) is 13.2 Å². The summed E-state index contributed by atoms with van der Waals surface area (Å²) in [6.07, 6.45) is 1.92. The van der Waals surface area contributed by atoms with Crippen molar-refractivity contribution in [1.29, 1.82) is 0 Å². The van der Waals surface area contributed by atoms with Crippen LogP contribution in [-0.2, 0) is 4.74 Å². The molecule has 0 atom stereocenters. The van der Waals surface area contributed by atoms with Gasteiger partial charge in [0.15, 0.2) is 0 Å². The summed E-state index contributed by atoms with van der Waals surface area (Å²) >= 11 is 0. The van der Waals surface area contributed by atoms with Crippen molar-refractivity contribution in [3.8, 4) is 0 Å². The average molecular weight is 209 g/mol. The lowest BCUT2D eigenvalue weighted by atomic mass is 10.1. The molecular formula is C13H23NO. The van der Waals surface area contributed by atoms with Crippen LogP contribution < -0.4 is 0 Å². The topological polar surface area (TPSA) is 21.6 Å². The Balaban J connectivity index is 0.000000921. The van der Waals surface area contributed by atoms with Gasteiger partial charge in [0, 0.05) is 6.21 Å². The fraction of sp³-hybridized carbons (Fsp3) is 0.615. The van der Waals surface area contributed by atoms with E-state index in [-0.39, 0.29) is 0 Å². The van der Waals surface area contributed by atoms with Gasteiger partial charge in [-0.1, -0.05) is 13.8 Å². The first-order valence-electron chi connectivity index (χ1n) is 5.67. The van der Waals surface area contributed by atoms with E-state index in [0.29, 0.717) is 0 Å². The molecule has 0 bridgehead atoms. The lowest BCUT2D eigenvalue weighted by Crippen LogP contribution is -1.99. The highest BCUT2D eigenvalue weighted by Crippen LogP contribution is 2.21. The molecule has 1 heterocycles. The number of ether oxygens (including phenoxy) is 1. The molecule has 15 heavy (non-hydrogen) atoms. The molecule has 86 valence electrons. The van der Waals surface area contributed by atoms with E-state index in [4.69, 9.17) is 4.74 Å². The first-order valence-corrected chi connectivity index (χ1v) is 5.67. The standard InChI is InChI=1S/C11H17NO.C2H6/c1-5-13-11-9(3)7-12-6-8(2)10(11)4;1-2/h6H,5,7H2,1-4H3;1-2H3. The van der Waals surface area contributed by atoms with Gasteiger partial charge in [-0.05, 0) is 44.4 Å². The van der Waals surface area contributed by atoms with Gasteiger partial charge in [-0.25, -0.2) is 0 Å². The van der Waals surface area contributed by atoms with Crippen LogP contribution >= 0.6 is 0 Å². The second kappa shape index (κ2) is 7.27. The Hall–Kier alpha value is -1.05. The van der Waals surface area contributed by atoms with Crippen LogP contribution in [0.25, 0.3) is 0 Å². The fourth-order valence-corrected chi connectivity index (χ4v) is 1.36. The molecule has 0 N–H and O–H groups in total. The first-order chi connectivity index (χ1) is 7.16. The van der Waals surface area contributed by atoms with E-state index in [1.165, 1.54) is 16.7 Å². The van der Waals surface area contributed by atoms with Crippen LogP contribution in [0.4, 0.5) is 0 Å². The van der Waals surface area contributed by atoms with Gasteiger partial charge in [0.25, 0.3) is 0 Å². The predicted molar refractivity (Wildman–Crippen MR) is 67.4 cm³/mol. The van der Waals surface area contributed by atoms with Gasteiger partial charge in [0.2, 0.25) is 0 Å². The second-order valence-electron chi connectivity index (χ2n) is 3.32. The van der Waals surface area contributed by atoms with E-state index in [1.54, 1.807) is 0 Å². The molecule has 1 rings (SSSR count). The third-order valence-electron chi connectivity index (χ3n) is 2.22. The van der Waals surface area contributed by atoms with Gasteiger partial charge in [-0.3, -0.25) is 4.99 Å². The summed E-state index contributed by atoms with van der Waals surface area (Å²) in [5, 5.41) is 0. The Morgan fingerprint density at radius 3 is 2.40 bits per heavy atom. The highest BCUT2D eigenvalue weighted by Gasteiger charge is 2.10. The number of allylic oxidation sites excluding steroid dienone is 2. The van der Waals surface area contributed by atoms with Crippen molar-refractivity contribution in [1.82, 2.24) is 0 Å². The maximum absolute atomic E-state index is 5.60. The number of aliphatic imine (C=N–C) groups is 1. The molecule has 0 aliphatic carbocycles. The van der Waals surface area contributed by atoms with Crippen molar-refractivity contribution >= 4 is 6.21 Å². The van der Waals surface area contributed by atoms with Crippen LogP contribution in [-0.4, -0.2) is 19.4 Å². The van der Waals surface area contributed by atoms with E-state index < -0.39 is 0 Å². The Kier molecular flexibility index (Phi) is 6.76. The molecule has 1 aliphatic heterocycles. The van der Waals surface area contributed by atoms with Crippen LogP contribution in [0.1, 0.15) is 41.5 Å². The molecule has 0 aromatic heterocycles. The van der Waals surface area contributed by atoms with Gasteiger partial charge in [-0.15, -0.1) is 0 Å². The molecule has 0 amide bonds. The Morgan fingerprint density at radius 1 is 1.27 bits per heavy atom. The lowest BCUT2D eigenvalue weighted by Gasteiger charge is -2.12. The molecule has 0 aromatic rings. The molecule has 0 spiro atoms. The molecule has 0 unspecified atom stereocenters. The van der Waals surface area contributed by atoms with Crippen molar-refractivity contribution in [3.05, 3.63) is 22.5 Å². The van der Waals surface area contributed by atoms with Gasteiger partial charge >= 0.3 is 0 Å². The summed E-state index contributed by atoms with van der Waals surface area (Å²) in [6.45, 7) is 13.7. The first kappa shape index (κ1) is 13.9. The highest BCUT2D eigenvalue weighted by atomic mass is 16.5. The monoisotopic (exact) mass is 209 g/mol. The van der Waals surface area contributed by atoms with Crippen LogP contribution in [0.5, 0.6) is 0 Å².